The molecule has 1 heterocycles. The SMILES string of the molecule is COC(=O)c1ccccc1S(=O)(=O)NCC1CCNC1.Cl. The maximum Gasteiger partial charge on any atom is 0.339 e. The van der Waals surface area contributed by atoms with E-state index in [1.165, 1.54) is 19.2 Å². The zero-order valence-electron chi connectivity index (χ0n) is 11.7. The van der Waals surface area contributed by atoms with E-state index in [9.17, 15) is 13.2 Å². The van der Waals surface area contributed by atoms with Gasteiger partial charge in [0.05, 0.1) is 17.6 Å². The summed E-state index contributed by atoms with van der Waals surface area (Å²) in [6.45, 7) is 2.08. The second-order valence-electron chi connectivity index (χ2n) is 4.70. The molecule has 2 N–H and O–H groups in total. The number of hydrogen-bond donors (Lipinski definition) is 2. The van der Waals surface area contributed by atoms with E-state index in [2.05, 4.69) is 14.8 Å². The summed E-state index contributed by atoms with van der Waals surface area (Å²) in [6.07, 6.45) is 0.946. The molecule has 0 spiro atoms. The van der Waals surface area contributed by atoms with Gasteiger partial charge in [-0.3, -0.25) is 0 Å². The lowest BCUT2D eigenvalue weighted by Gasteiger charge is -2.12. The maximum atomic E-state index is 12.3. The molecule has 8 heteroatoms. The second-order valence-corrected chi connectivity index (χ2v) is 6.43. The Morgan fingerprint density at radius 1 is 1.43 bits per heavy atom. The van der Waals surface area contributed by atoms with Crippen LogP contribution < -0.4 is 10.0 Å². The molecule has 0 amide bonds. The lowest BCUT2D eigenvalue weighted by molar-refractivity contribution is 0.0596. The summed E-state index contributed by atoms with van der Waals surface area (Å²) in [6, 6.07) is 6.03. The number of hydrogen-bond acceptors (Lipinski definition) is 5. The third kappa shape index (κ3) is 4.41. The number of methoxy groups -OCH3 is 1. The summed E-state index contributed by atoms with van der Waals surface area (Å²) in [7, 11) is -2.49. The number of nitrogens with one attached hydrogen (secondary N) is 2. The van der Waals surface area contributed by atoms with Crippen LogP contribution in [0.1, 0.15) is 16.8 Å². The van der Waals surface area contributed by atoms with Gasteiger partial charge in [0, 0.05) is 6.54 Å². The van der Waals surface area contributed by atoms with Gasteiger partial charge in [-0.05, 0) is 37.6 Å². The molecule has 0 saturated carbocycles. The molecule has 0 bridgehead atoms. The van der Waals surface area contributed by atoms with Crippen molar-refractivity contribution in [1.82, 2.24) is 10.0 Å². The second kappa shape index (κ2) is 7.74. The van der Waals surface area contributed by atoms with Gasteiger partial charge >= 0.3 is 5.97 Å². The fourth-order valence-electron chi connectivity index (χ4n) is 2.17. The van der Waals surface area contributed by atoms with Gasteiger partial charge in [0.25, 0.3) is 0 Å². The van der Waals surface area contributed by atoms with Crippen LogP contribution in [0.3, 0.4) is 0 Å². The highest BCUT2D eigenvalue weighted by atomic mass is 35.5. The third-order valence-corrected chi connectivity index (χ3v) is 4.79. The Bertz CT molecular complexity index is 586. The van der Waals surface area contributed by atoms with E-state index in [1.807, 2.05) is 0 Å². The van der Waals surface area contributed by atoms with E-state index in [0.29, 0.717) is 6.54 Å². The molecule has 1 fully saturated rings. The maximum absolute atomic E-state index is 12.3. The molecule has 2 rings (SSSR count). The van der Waals surface area contributed by atoms with Crippen LogP contribution in [0.15, 0.2) is 29.2 Å². The molecule has 0 radical (unpaired) electrons. The zero-order valence-corrected chi connectivity index (χ0v) is 13.3. The predicted molar refractivity (Wildman–Crippen MR) is 81.2 cm³/mol. The molecular formula is C13H19ClN2O4S. The van der Waals surface area contributed by atoms with Crippen molar-refractivity contribution >= 4 is 28.4 Å². The summed E-state index contributed by atoms with van der Waals surface area (Å²) < 4.78 is 31.8. The molecule has 1 saturated heterocycles. The van der Waals surface area contributed by atoms with E-state index in [1.54, 1.807) is 12.1 Å². The Balaban J connectivity index is 0.00000220. The number of carbonyl (C=O) groups is 1. The first kappa shape index (κ1) is 17.9. The molecule has 0 aliphatic carbocycles. The average Bonchev–Trinajstić information content (AvgIpc) is 2.98. The largest absolute Gasteiger partial charge is 0.465 e. The first-order chi connectivity index (χ1) is 9.54. The van der Waals surface area contributed by atoms with Crippen LogP contribution in [0.25, 0.3) is 0 Å². The Morgan fingerprint density at radius 3 is 2.76 bits per heavy atom. The Labute approximate surface area is 130 Å². The Kier molecular flexibility index (Phi) is 6.60. The number of benzene rings is 1. The van der Waals surface area contributed by atoms with Gasteiger partial charge in [0.1, 0.15) is 0 Å². The lowest BCUT2D eigenvalue weighted by atomic mass is 10.1. The van der Waals surface area contributed by atoms with Crippen LogP contribution in [0.4, 0.5) is 0 Å². The minimum absolute atomic E-state index is 0. The van der Waals surface area contributed by atoms with E-state index < -0.39 is 16.0 Å². The fraction of sp³-hybridized carbons (Fsp3) is 0.462. The fourth-order valence-corrected chi connectivity index (χ4v) is 3.48. The molecule has 1 atom stereocenters. The smallest absolute Gasteiger partial charge is 0.339 e. The van der Waals surface area contributed by atoms with Crippen LogP contribution >= 0.6 is 12.4 Å². The van der Waals surface area contributed by atoms with Gasteiger partial charge in [-0.25, -0.2) is 17.9 Å². The number of rotatable bonds is 5. The van der Waals surface area contributed by atoms with Crippen LogP contribution in [-0.4, -0.2) is 41.1 Å². The van der Waals surface area contributed by atoms with Gasteiger partial charge in [-0.15, -0.1) is 12.4 Å². The van der Waals surface area contributed by atoms with E-state index in [0.717, 1.165) is 19.5 Å². The zero-order chi connectivity index (χ0) is 14.6. The standard InChI is InChI=1S/C13H18N2O4S.ClH/c1-19-13(16)11-4-2-3-5-12(11)20(17,18)15-9-10-6-7-14-8-10;/h2-5,10,14-15H,6-9H2,1H3;1H. The monoisotopic (exact) mass is 334 g/mol. The minimum atomic E-state index is -3.71. The van der Waals surface area contributed by atoms with E-state index in [4.69, 9.17) is 0 Å². The first-order valence-electron chi connectivity index (χ1n) is 6.42. The number of sulfonamides is 1. The van der Waals surface area contributed by atoms with Crippen molar-refractivity contribution in [2.24, 2.45) is 5.92 Å². The van der Waals surface area contributed by atoms with E-state index >= 15 is 0 Å². The predicted octanol–water partition coefficient (Wildman–Crippen LogP) is 0.783. The Hall–Kier alpha value is -1.15. The number of esters is 1. The summed E-state index contributed by atoms with van der Waals surface area (Å²) in [5, 5.41) is 3.18. The van der Waals surface area contributed by atoms with Crippen LogP contribution in [-0.2, 0) is 14.8 Å². The van der Waals surface area contributed by atoms with Crippen molar-refractivity contribution < 1.29 is 17.9 Å². The van der Waals surface area contributed by atoms with Crippen LogP contribution in [0.5, 0.6) is 0 Å². The molecule has 118 valence electrons. The molecule has 1 aliphatic rings. The van der Waals surface area contributed by atoms with Crippen LogP contribution in [0.2, 0.25) is 0 Å². The molecule has 6 nitrogen and oxygen atoms in total. The molecule has 0 aromatic heterocycles. The van der Waals surface area contributed by atoms with Crippen molar-refractivity contribution in [2.75, 3.05) is 26.7 Å². The summed E-state index contributed by atoms with van der Waals surface area (Å²) in [5.74, 6) is -0.372. The van der Waals surface area contributed by atoms with Crippen molar-refractivity contribution in [3.8, 4) is 0 Å². The molecule has 1 unspecified atom stereocenters. The van der Waals surface area contributed by atoms with Crippen molar-refractivity contribution in [1.29, 1.82) is 0 Å². The molecular weight excluding hydrogens is 316 g/mol. The summed E-state index contributed by atoms with van der Waals surface area (Å²) in [5.41, 5.74) is 0.0482. The van der Waals surface area contributed by atoms with Gasteiger partial charge in [-0.2, -0.15) is 0 Å². The lowest BCUT2D eigenvalue weighted by Crippen LogP contribution is -2.31. The minimum Gasteiger partial charge on any atom is -0.465 e. The van der Waals surface area contributed by atoms with Gasteiger partial charge in [0.2, 0.25) is 10.0 Å². The molecule has 1 aliphatic heterocycles. The van der Waals surface area contributed by atoms with Gasteiger partial charge in [-0.1, -0.05) is 12.1 Å². The molecule has 1 aromatic carbocycles. The highest BCUT2D eigenvalue weighted by Crippen LogP contribution is 2.17. The van der Waals surface area contributed by atoms with E-state index in [-0.39, 0.29) is 28.8 Å². The number of carbonyl (C=O) groups excluding carboxylic acids is 1. The highest BCUT2D eigenvalue weighted by Gasteiger charge is 2.24. The van der Waals surface area contributed by atoms with Gasteiger partial charge in [0.15, 0.2) is 0 Å². The highest BCUT2D eigenvalue weighted by molar-refractivity contribution is 7.89. The topological polar surface area (TPSA) is 84.5 Å². The molecule has 1 aromatic rings. The van der Waals surface area contributed by atoms with Crippen molar-refractivity contribution in [3.05, 3.63) is 29.8 Å². The van der Waals surface area contributed by atoms with Gasteiger partial charge < -0.3 is 10.1 Å². The molecule has 21 heavy (non-hydrogen) atoms. The Morgan fingerprint density at radius 2 is 2.14 bits per heavy atom. The quantitative estimate of drug-likeness (QED) is 0.777. The number of ether oxygens (including phenoxy) is 1. The van der Waals surface area contributed by atoms with Crippen LogP contribution in [0, 0.1) is 5.92 Å². The third-order valence-electron chi connectivity index (χ3n) is 3.31. The van der Waals surface area contributed by atoms with Crippen molar-refractivity contribution in [3.63, 3.8) is 0 Å². The van der Waals surface area contributed by atoms with Crippen molar-refractivity contribution in [2.45, 2.75) is 11.3 Å². The normalized spacial score (nSPS) is 18.0. The summed E-state index contributed by atoms with van der Waals surface area (Å²) in [4.78, 5) is 11.6. The first-order valence-corrected chi connectivity index (χ1v) is 7.90. The number of halogens is 1. The summed E-state index contributed by atoms with van der Waals surface area (Å²) >= 11 is 0. The average molecular weight is 335 g/mol.